The van der Waals surface area contributed by atoms with E-state index in [1.165, 1.54) is 7.05 Å². The van der Waals surface area contributed by atoms with E-state index >= 15 is 0 Å². The largest absolute Gasteiger partial charge is 0.388 e. The molecule has 1 aromatic rings. The van der Waals surface area contributed by atoms with E-state index in [9.17, 15) is 34.4 Å². The van der Waals surface area contributed by atoms with Crippen molar-refractivity contribution >= 4 is 7.60 Å². The third-order valence-corrected chi connectivity index (χ3v) is 9.09. The van der Waals surface area contributed by atoms with Crippen LogP contribution in [0.4, 0.5) is 0 Å². The van der Waals surface area contributed by atoms with Crippen molar-refractivity contribution in [1.29, 1.82) is 0 Å². The van der Waals surface area contributed by atoms with E-state index in [1.807, 2.05) is 6.92 Å². The van der Waals surface area contributed by atoms with Crippen LogP contribution in [0.25, 0.3) is 0 Å². The highest BCUT2D eigenvalue weighted by molar-refractivity contribution is 7.54. The highest BCUT2D eigenvalue weighted by atomic mass is 31.2. The third kappa shape index (κ3) is 5.35. The minimum atomic E-state index is -4.50. The molecule has 5 N–H and O–H groups in total. The van der Waals surface area contributed by atoms with Crippen LogP contribution in [-0.2, 0) is 20.9 Å². The van der Waals surface area contributed by atoms with Crippen molar-refractivity contribution < 1.29 is 34.0 Å². The Morgan fingerprint density at radius 3 is 2.27 bits per heavy atom. The molecule has 1 aliphatic rings. The monoisotopic (exact) mass is 492 g/mol. The topological polar surface area (TPSA) is 171 Å². The van der Waals surface area contributed by atoms with E-state index in [0.29, 0.717) is 12.8 Å². The van der Waals surface area contributed by atoms with Gasteiger partial charge in [0.15, 0.2) is 5.34 Å². The summed E-state index contributed by atoms with van der Waals surface area (Å²) in [5, 5.41) is 30.1. The summed E-state index contributed by atoms with van der Waals surface area (Å²) in [5.41, 5.74) is -2.55. The maximum absolute atomic E-state index is 13.1. The fraction of sp³-hybridized carbons (Fsp3) is 0.810. The van der Waals surface area contributed by atoms with Crippen LogP contribution in [0, 0.1) is 0 Å². The van der Waals surface area contributed by atoms with Crippen molar-refractivity contribution in [2.24, 2.45) is 7.05 Å². The van der Waals surface area contributed by atoms with Gasteiger partial charge in [0.05, 0.1) is 17.3 Å². The fourth-order valence-electron chi connectivity index (χ4n) is 4.35. The molecule has 1 fully saturated rings. The molecule has 0 radical (unpaired) electrons. The SMILES string of the molecule is CCCC(CC)(CC1OC(c2c[nH]c(=O)n(C)c2=O)C(O)C1O)OP(=O)(O)C(O)(CC)CC. The Kier molecular flexibility index (Phi) is 8.89. The molecule has 0 amide bonds. The van der Waals surface area contributed by atoms with E-state index in [-0.39, 0.29) is 31.2 Å². The predicted molar refractivity (Wildman–Crippen MR) is 121 cm³/mol. The lowest BCUT2D eigenvalue weighted by Gasteiger charge is -2.40. The van der Waals surface area contributed by atoms with Crippen LogP contribution < -0.4 is 11.2 Å². The second-order valence-electron chi connectivity index (χ2n) is 8.78. The summed E-state index contributed by atoms with van der Waals surface area (Å²) >= 11 is 0. The van der Waals surface area contributed by atoms with Crippen molar-refractivity contribution in [3.05, 3.63) is 32.6 Å². The number of aromatic nitrogens is 2. The molecule has 0 spiro atoms. The molecule has 2 rings (SSSR count). The zero-order chi connectivity index (χ0) is 25.2. The number of ether oxygens (including phenoxy) is 1. The van der Waals surface area contributed by atoms with Crippen LogP contribution in [0.2, 0.25) is 0 Å². The van der Waals surface area contributed by atoms with E-state index in [4.69, 9.17) is 9.26 Å². The lowest BCUT2D eigenvalue weighted by atomic mass is 9.87. The summed E-state index contributed by atoms with van der Waals surface area (Å²) in [6, 6.07) is 0. The first-order valence-electron chi connectivity index (χ1n) is 11.4. The van der Waals surface area contributed by atoms with E-state index in [1.54, 1.807) is 20.8 Å². The lowest BCUT2D eigenvalue weighted by molar-refractivity contribution is -0.0652. The zero-order valence-electron chi connectivity index (χ0n) is 19.9. The maximum atomic E-state index is 13.1. The van der Waals surface area contributed by atoms with Crippen LogP contribution in [0.15, 0.2) is 15.8 Å². The van der Waals surface area contributed by atoms with E-state index in [0.717, 1.165) is 10.8 Å². The Labute approximate surface area is 192 Å². The minimum absolute atomic E-state index is 0.0159. The Hall–Kier alpha value is -1.33. The molecule has 0 aromatic carbocycles. The predicted octanol–water partition coefficient (Wildman–Crippen LogP) is 1.28. The second kappa shape index (κ2) is 10.5. The van der Waals surface area contributed by atoms with Gasteiger partial charge in [0, 0.05) is 19.7 Å². The highest BCUT2D eigenvalue weighted by Gasteiger charge is 2.53. The molecule has 0 bridgehead atoms. The maximum Gasteiger partial charge on any atom is 0.359 e. The summed E-state index contributed by atoms with van der Waals surface area (Å²) in [6.45, 7) is 6.83. The molecule has 2 heterocycles. The molecule has 11 nitrogen and oxygen atoms in total. The van der Waals surface area contributed by atoms with E-state index in [2.05, 4.69) is 4.98 Å². The van der Waals surface area contributed by atoms with Crippen LogP contribution in [-0.4, -0.2) is 59.0 Å². The van der Waals surface area contributed by atoms with Crippen LogP contribution in [0.3, 0.4) is 0 Å². The van der Waals surface area contributed by atoms with Gasteiger partial charge < -0.3 is 29.9 Å². The van der Waals surface area contributed by atoms with Gasteiger partial charge in [-0.2, -0.15) is 0 Å². The first-order valence-corrected chi connectivity index (χ1v) is 13.0. The molecule has 6 unspecified atom stereocenters. The molecule has 33 heavy (non-hydrogen) atoms. The molecular weight excluding hydrogens is 455 g/mol. The van der Waals surface area contributed by atoms with Crippen molar-refractivity contribution in [1.82, 2.24) is 9.55 Å². The first kappa shape index (κ1) is 27.9. The standard InChI is InChI=1S/C21H37N2O9P/c1-6-10-20(7-2,32-33(29,30)21(28,8-3)9-4)11-14-15(24)16(25)17(31-14)13-12-22-19(27)23(5)18(13)26/h12,14-17,24-25,28H,6-11H2,1-5H3,(H,22,27)(H,29,30). The number of aromatic amines is 1. The molecule has 0 saturated carbocycles. The normalized spacial score (nSPS) is 27.3. The van der Waals surface area contributed by atoms with Crippen molar-refractivity contribution in [3.8, 4) is 0 Å². The summed E-state index contributed by atoms with van der Waals surface area (Å²) in [5.74, 6) is 0. The summed E-state index contributed by atoms with van der Waals surface area (Å²) < 4.78 is 25.6. The Morgan fingerprint density at radius 1 is 1.15 bits per heavy atom. The van der Waals surface area contributed by atoms with Crippen molar-refractivity contribution in [3.63, 3.8) is 0 Å². The molecule has 12 heteroatoms. The first-order chi connectivity index (χ1) is 15.3. The number of aliphatic hydroxyl groups is 3. The number of hydrogen-bond donors (Lipinski definition) is 5. The van der Waals surface area contributed by atoms with Gasteiger partial charge >= 0.3 is 13.3 Å². The molecule has 6 atom stereocenters. The van der Waals surface area contributed by atoms with Crippen molar-refractivity contribution in [2.75, 3.05) is 0 Å². The highest BCUT2D eigenvalue weighted by Crippen LogP contribution is 2.61. The van der Waals surface area contributed by atoms with Gasteiger partial charge in [-0.3, -0.25) is 18.5 Å². The summed E-state index contributed by atoms with van der Waals surface area (Å²) in [4.78, 5) is 37.2. The van der Waals surface area contributed by atoms with Gasteiger partial charge in [-0.15, -0.1) is 0 Å². The fourth-order valence-corrected chi connectivity index (χ4v) is 6.14. The smallest absolute Gasteiger partial charge is 0.359 e. The minimum Gasteiger partial charge on any atom is -0.388 e. The van der Waals surface area contributed by atoms with Gasteiger partial charge in [0.25, 0.3) is 5.56 Å². The Balaban J connectivity index is 2.38. The van der Waals surface area contributed by atoms with Gasteiger partial charge in [-0.05, 0) is 25.7 Å². The van der Waals surface area contributed by atoms with Gasteiger partial charge in [-0.1, -0.05) is 34.1 Å². The Morgan fingerprint density at radius 2 is 1.76 bits per heavy atom. The molecule has 1 aliphatic heterocycles. The summed E-state index contributed by atoms with van der Waals surface area (Å²) in [7, 11) is -3.23. The third-order valence-electron chi connectivity index (χ3n) is 6.78. The van der Waals surface area contributed by atoms with Gasteiger partial charge in [-0.25, -0.2) is 4.79 Å². The molecular formula is C21H37N2O9P. The number of nitrogens with zero attached hydrogens (tertiary/aromatic N) is 1. The number of nitrogens with one attached hydrogen (secondary N) is 1. The number of aliphatic hydroxyl groups excluding tert-OH is 2. The zero-order valence-corrected chi connectivity index (χ0v) is 20.7. The van der Waals surface area contributed by atoms with Crippen LogP contribution in [0.1, 0.15) is 77.9 Å². The van der Waals surface area contributed by atoms with Crippen molar-refractivity contribution in [2.45, 2.75) is 102 Å². The van der Waals surface area contributed by atoms with E-state index < -0.39 is 54.2 Å². The van der Waals surface area contributed by atoms with Gasteiger partial charge in [0.2, 0.25) is 0 Å². The molecule has 0 aliphatic carbocycles. The molecule has 1 aromatic heterocycles. The molecule has 190 valence electrons. The average molecular weight is 493 g/mol. The second-order valence-corrected chi connectivity index (χ2v) is 10.8. The quantitative estimate of drug-likeness (QED) is 0.285. The molecule has 1 saturated heterocycles. The van der Waals surface area contributed by atoms with Crippen LogP contribution in [0.5, 0.6) is 0 Å². The van der Waals surface area contributed by atoms with Crippen LogP contribution >= 0.6 is 7.60 Å². The number of rotatable bonds is 11. The Bertz CT molecular complexity index is 973. The average Bonchev–Trinajstić information content (AvgIpc) is 3.04. The summed E-state index contributed by atoms with van der Waals surface area (Å²) in [6.07, 6.45) is -2.78. The van der Waals surface area contributed by atoms with Gasteiger partial charge in [0.1, 0.15) is 18.3 Å². The number of hydrogen-bond acceptors (Lipinski definition) is 8. The lowest BCUT2D eigenvalue weighted by Crippen LogP contribution is -2.42. The number of H-pyrrole nitrogens is 1.